The fourth-order valence-corrected chi connectivity index (χ4v) is 2.95. The Morgan fingerprint density at radius 2 is 2.00 bits per heavy atom. The minimum Gasteiger partial charge on any atom is -0.780 e. The van der Waals surface area contributed by atoms with Crippen molar-refractivity contribution < 1.29 is 28.2 Å². The van der Waals surface area contributed by atoms with Crippen LogP contribution in [0, 0.1) is 0 Å². The first kappa shape index (κ1) is 17.5. The highest BCUT2D eigenvalue weighted by Crippen LogP contribution is 2.43. The van der Waals surface area contributed by atoms with Crippen LogP contribution in [0.3, 0.4) is 0 Å². The zero-order chi connectivity index (χ0) is 14.5. The summed E-state index contributed by atoms with van der Waals surface area (Å²) in [5.74, 6) is 0. The average Bonchev–Trinajstić information content (AvgIpc) is 2.63. The Bertz CT molecular complexity index is 316. The lowest BCUT2D eigenvalue weighted by molar-refractivity contribution is -0.213. The molecule has 0 aromatic rings. The van der Waals surface area contributed by atoms with E-state index in [1.165, 1.54) is 7.11 Å². The first-order valence-electron chi connectivity index (χ1n) is 6.26. The molecule has 6 nitrogen and oxygen atoms in total. The molecule has 0 spiro atoms. The Morgan fingerprint density at radius 1 is 1.32 bits per heavy atom. The maximum Gasteiger partial charge on any atom is 0.121 e. The van der Waals surface area contributed by atoms with Crippen molar-refractivity contribution in [3.63, 3.8) is 0 Å². The van der Waals surface area contributed by atoms with Gasteiger partial charge in [-0.3, -0.25) is 0 Å². The van der Waals surface area contributed by atoms with Gasteiger partial charge < -0.3 is 28.2 Å². The largest absolute Gasteiger partial charge is 0.780 e. The summed E-state index contributed by atoms with van der Waals surface area (Å²) in [7, 11) is 2.83. The third-order valence-electron chi connectivity index (χ3n) is 2.86. The van der Waals surface area contributed by atoms with Gasteiger partial charge >= 0.3 is 0 Å². The smallest absolute Gasteiger partial charge is 0.121 e. The number of hydrogen-bond acceptors (Lipinski definition) is 7. The molecule has 1 rings (SSSR count). The van der Waals surface area contributed by atoms with Gasteiger partial charge in [0.05, 0.1) is 12.7 Å². The maximum atomic E-state index is 11.8. The normalized spacial score (nSPS) is 34.4. The lowest BCUT2D eigenvalue weighted by Gasteiger charge is -2.33. The summed E-state index contributed by atoms with van der Waals surface area (Å²) < 4.78 is 26.6. The van der Waals surface area contributed by atoms with Crippen LogP contribution in [-0.2, 0) is 35.1 Å². The first-order chi connectivity index (χ1) is 8.95. The van der Waals surface area contributed by atoms with E-state index >= 15 is 0 Å². The predicted octanol–water partition coefficient (Wildman–Crippen LogP) is 0.832. The Morgan fingerprint density at radius 3 is 2.53 bits per heavy atom. The number of ether oxygens (including phenoxy) is 3. The predicted molar refractivity (Wildman–Crippen MR) is 72.4 cm³/mol. The average molecular weight is 313 g/mol. The van der Waals surface area contributed by atoms with Crippen LogP contribution >= 0.6 is 6.72 Å². The van der Waals surface area contributed by atoms with Crippen LogP contribution in [0.25, 0.3) is 0 Å². The summed E-state index contributed by atoms with van der Waals surface area (Å²) in [4.78, 5) is 11.8. The zero-order valence-electron chi connectivity index (χ0n) is 11.7. The molecule has 0 radical (unpaired) electrons. The monoisotopic (exact) mass is 313 g/mol. The van der Waals surface area contributed by atoms with E-state index in [1.807, 2.05) is 13.8 Å². The molecule has 1 fully saturated rings. The van der Waals surface area contributed by atoms with Crippen molar-refractivity contribution in [2.24, 2.45) is 0 Å². The summed E-state index contributed by atoms with van der Waals surface area (Å²) in [5, 5.41) is 0. The molecule has 1 heterocycles. The van der Waals surface area contributed by atoms with Gasteiger partial charge in [-0.05, 0) is 13.3 Å². The molecule has 1 saturated heterocycles. The second-order valence-electron chi connectivity index (χ2n) is 4.37. The lowest BCUT2D eigenvalue weighted by atomic mass is 10.1. The van der Waals surface area contributed by atoms with Crippen LogP contribution in [0.5, 0.6) is 0 Å². The molecule has 19 heavy (non-hydrogen) atoms. The lowest BCUT2D eigenvalue weighted by Crippen LogP contribution is -2.39. The SMILES string of the molecule is CCCO[C@@H]1[C@H](OP([O-])(=S)OC)[C@@H](COC)O[C@H]1C. The van der Waals surface area contributed by atoms with E-state index in [2.05, 4.69) is 0 Å². The maximum absolute atomic E-state index is 11.8. The van der Waals surface area contributed by atoms with Crippen LogP contribution in [0.4, 0.5) is 0 Å². The Labute approximate surface area is 119 Å². The summed E-state index contributed by atoms with van der Waals surface area (Å²) >= 11 is 4.78. The molecule has 0 bridgehead atoms. The minimum atomic E-state index is -3.51. The molecule has 114 valence electrons. The van der Waals surface area contributed by atoms with Gasteiger partial charge in [0.1, 0.15) is 25.0 Å². The van der Waals surface area contributed by atoms with E-state index in [0.29, 0.717) is 13.2 Å². The van der Waals surface area contributed by atoms with E-state index in [4.69, 9.17) is 35.1 Å². The van der Waals surface area contributed by atoms with E-state index < -0.39 is 12.8 Å². The van der Waals surface area contributed by atoms with Gasteiger partial charge in [-0.1, -0.05) is 18.7 Å². The zero-order valence-corrected chi connectivity index (χ0v) is 13.4. The van der Waals surface area contributed by atoms with Crippen LogP contribution in [-0.4, -0.2) is 51.8 Å². The number of methoxy groups -OCH3 is 1. The standard InChI is InChI=1S/C11H23O6PS/c1-5-6-15-10-8(2)16-9(7-13-3)11(10)17-18(12,19)14-4/h8-11H,5-7H2,1-4H3,(H,12,19)/p-1/t8-,9+,10-,11+,18?/m0/s1. The molecule has 1 aliphatic heterocycles. The summed E-state index contributed by atoms with van der Waals surface area (Å²) in [5.41, 5.74) is 0. The second-order valence-corrected chi connectivity index (χ2v) is 7.18. The Kier molecular flexibility index (Phi) is 7.35. The first-order valence-corrected chi connectivity index (χ1v) is 8.82. The van der Waals surface area contributed by atoms with Crippen LogP contribution in [0.1, 0.15) is 20.3 Å². The van der Waals surface area contributed by atoms with E-state index in [9.17, 15) is 4.89 Å². The fourth-order valence-electron chi connectivity index (χ4n) is 2.01. The minimum absolute atomic E-state index is 0.177. The van der Waals surface area contributed by atoms with Gasteiger partial charge in [0.25, 0.3) is 0 Å². The summed E-state index contributed by atoms with van der Waals surface area (Å²) in [6, 6.07) is 0. The molecule has 0 amide bonds. The van der Waals surface area contributed by atoms with Crippen molar-refractivity contribution in [3.05, 3.63) is 0 Å². The quantitative estimate of drug-likeness (QED) is 0.615. The molecule has 0 N–H and O–H groups in total. The van der Waals surface area contributed by atoms with Gasteiger partial charge in [-0.25, -0.2) is 0 Å². The molecule has 1 aliphatic rings. The fraction of sp³-hybridized carbons (Fsp3) is 1.00. The highest BCUT2D eigenvalue weighted by molar-refractivity contribution is 8.06. The van der Waals surface area contributed by atoms with Crippen molar-refractivity contribution in [1.29, 1.82) is 0 Å². The van der Waals surface area contributed by atoms with Crippen molar-refractivity contribution in [1.82, 2.24) is 0 Å². The third kappa shape index (κ3) is 5.02. The van der Waals surface area contributed by atoms with E-state index in [1.54, 1.807) is 7.11 Å². The number of hydrogen-bond donors (Lipinski definition) is 0. The summed E-state index contributed by atoms with van der Waals surface area (Å²) in [6.45, 7) is 1.28. The van der Waals surface area contributed by atoms with Gasteiger partial charge in [0.15, 0.2) is 0 Å². The van der Waals surface area contributed by atoms with Crippen molar-refractivity contribution in [2.45, 2.75) is 44.7 Å². The van der Waals surface area contributed by atoms with E-state index in [-0.39, 0.29) is 18.3 Å². The third-order valence-corrected chi connectivity index (χ3v) is 4.52. The molecule has 5 atom stereocenters. The molecule has 0 saturated carbocycles. The molecular formula is C11H22O6PS-. The van der Waals surface area contributed by atoms with Crippen LogP contribution in [0.2, 0.25) is 0 Å². The van der Waals surface area contributed by atoms with Gasteiger partial charge in [0.2, 0.25) is 0 Å². The molecule has 0 aliphatic carbocycles. The Hall–Kier alpha value is 0.410. The molecule has 1 unspecified atom stereocenters. The number of rotatable bonds is 8. The molecular weight excluding hydrogens is 291 g/mol. The van der Waals surface area contributed by atoms with Crippen LogP contribution in [0.15, 0.2) is 0 Å². The highest BCUT2D eigenvalue weighted by Gasteiger charge is 2.45. The molecule has 0 aromatic heterocycles. The van der Waals surface area contributed by atoms with Crippen molar-refractivity contribution >= 4 is 18.5 Å². The van der Waals surface area contributed by atoms with Crippen LogP contribution < -0.4 is 4.89 Å². The highest BCUT2D eigenvalue weighted by atomic mass is 32.5. The van der Waals surface area contributed by atoms with E-state index in [0.717, 1.165) is 6.42 Å². The topological polar surface area (TPSA) is 69.2 Å². The summed E-state index contributed by atoms with van der Waals surface area (Å²) in [6.07, 6.45) is -0.547. The van der Waals surface area contributed by atoms with Crippen molar-refractivity contribution in [2.75, 3.05) is 27.4 Å². The molecule has 0 aromatic carbocycles. The second kappa shape index (κ2) is 8.00. The van der Waals surface area contributed by atoms with Gasteiger partial charge in [-0.15, -0.1) is 0 Å². The van der Waals surface area contributed by atoms with Gasteiger partial charge in [0, 0.05) is 20.8 Å². The molecule has 8 heteroatoms. The van der Waals surface area contributed by atoms with Crippen molar-refractivity contribution in [3.8, 4) is 0 Å². The van der Waals surface area contributed by atoms with Gasteiger partial charge in [-0.2, -0.15) is 0 Å². The Balaban J connectivity index is 2.78.